The zero-order valence-corrected chi connectivity index (χ0v) is 17.5. The summed E-state index contributed by atoms with van der Waals surface area (Å²) in [5.74, 6) is 0. The van der Waals surface area contributed by atoms with Crippen molar-refractivity contribution in [1.29, 1.82) is 0 Å². The van der Waals surface area contributed by atoms with Gasteiger partial charge in [-0.15, -0.1) is 10.2 Å². The fourth-order valence-electron chi connectivity index (χ4n) is 3.23. The third-order valence-corrected chi connectivity index (χ3v) is 7.59. The average molecular weight is 446 g/mol. The first-order chi connectivity index (χ1) is 14.4. The van der Waals surface area contributed by atoms with Gasteiger partial charge in [-0.3, -0.25) is 10.1 Å². The van der Waals surface area contributed by atoms with Crippen molar-refractivity contribution < 1.29 is 13.3 Å². The Kier molecular flexibility index (Phi) is 5.75. The van der Waals surface area contributed by atoms with Crippen LogP contribution in [0.5, 0.6) is 0 Å². The van der Waals surface area contributed by atoms with Gasteiger partial charge in [-0.05, 0) is 37.1 Å². The molecule has 0 bridgehead atoms. The van der Waals surface area contributed by atoms with E-state index in [1.54, 1.807) is 36.4 Å². The highest BCUT2D eigenvalue weighted by molar-refractivity contribution is 7.89. The van der Waals surface area contributed by atoms with E-state index in [9.17, 15) is 18.5 Å². The van der Waals surface area contributed by atoms with Crippen LogP contribution >= 0.6 is 11.3 Å². The standard InChI is InChI=1S/C19H19N5O4S2/c25-24(26)16-6-4-5-14(13-16)18-21-22-19(29-18)20-15-7-9-17(10-8-15)30(27,28)23-11-2-1-3-12-23/h4-10,13H,1-3,11-12H2,(H,20,22). The summed E-state index contributed by atoms with van der Waals surface area (Å²) in [6.07, 6.45) is 2.85. The van der Waals surface area contributed by atoms with E-state index in [1.807, 2.05) is 0 Å². The Bertz CT molecular complexity index is 1160. The van der Waals surface area contributed by atoms with Crippen molar-refractivity contribution in [2.75, 3.05) is 18.4 Å². The van der Waals surface area contributed by atoms with E-state index < -0.39 is 14.9 Å². The van der Waals surface area contributed by atoms with E-state index in [0.29, 0.717) is 34.5 Å². The molecule has 0 unspecified atom stereocenters. The second-order valence-corrected chi connectivity index (χ2v) is 9.75. The van der Waals surface area contributed by atoms with Gasteiger partial charge >= 0.3 is 0 Å². The average Bonchev–Trinajstić information content (AvgIpc) is 3.23. The number of nitrogens with zero attached hydrogens (tertiary/aromatic N) is 4. The summed E-state index contributed by atoms with van der Waals surface area (Å²) in [6, 6.07) is 12.7. The molecule has 0 radical (unpaired) electrons. The summed E-state index contributed by atoms with van der Waals surface area (Å²) in [4.78, 5) is 10.8. The summed E-state index contributed by atoms with van der Waals surface area (Å²) in [6.45, 7) is 1.13. The molecule has 1 aliphatic rings. The molecule has 30 heavy (non-hydrogen) atoms. The van der Waals surface area contributed by atoms with Gasteiger partial charge in [0.15, 0.2) is 0 Å². The van der Waals surface area contributed by atoms with E-state index in [4.69, 9.17) is 0 Å². The number of nitro groups is 1. The Balaban J connectivity index is 1.48. The summed E-state index contributed by atoms with van der Waals surface area (Å²) in [5.41, 5.74) is 1.27. The van der Waals surface area contributed by atoms with Crippen molar-refractivity contribution in [3.63, 3.8) is 0 Å². The molecule has 0 aliphatic carbocycles. The normalized spacial score (nSPS) is 15.1. The lowest BCUT2D eigenvalue weighted by Crippen LogP contribution is -2.35. The maximum atomic E-state index is 12.7. The maximum absolute atomic E-state index is 12.7. The second kappa shape index (κ2) is 8.46. The monoisotopic (exact) mass is 445 g/mol. The molecule has 1 aromatic heterocycles. The minimum atomic E-state index is -3.47. The smallest absolute Gasteiger partial charge is 0.270 e. The minimum absolute atomic E-state index is 0.0114. The third-order valence-electron chi connectivity index (χ3n) is 4.79. The number of piperidine rings is 1. The predicted octanol–water partition coefficient (Wildman–Crippen LogP) is 4.03. The molecule has 3 aromatic rings. The van der Waals surface area contributed by atoms with Gasteiger partial charge in [-0.1, -0.05) is 29.9 Å². The summed E-state index contributed by atoms with van der Waals surface area (Å²) in [5, 5.41) is 23.2. The fraction of sp³-hybridized carbons (Fsp3) is 0.263. The van der Waals surface area contributed by atoms with Crippen LogP contribution in [0.3, 0.4) is 0 Å². The zero-order chi connectivity index (χ0) is 21.1. The molecule has 0 amide bonds. The third kappa shape index (κ3) is 4.32. The SMILES string of the molecule is O=[N+]([O-])c1cccc(-c2nnc(Nc3ccc(S(=O)(=O)N4CCCCC4)cc3)s2)c1. The molecule has 2 aromatic carbocycles. The Hall–Kier alpha value is -2.89. The lowest BCUT2D eigenvalue weighted by molar-refractivity contribution is -0.384. The van der Waals surface area contributed by atoms with E-state index in [1.165, 1.54) is 27.8 Å². The van der Waals surface area contributed by atoms with Gasteiger partial charge in [0.05, 0.1) is 9.82 Å². The van der Waals surface area contributed by atoms with Gasteiger partial charge in [0.1, 0.15) is 5.01 Å². The molecule has 0 saturated carbocycles. The largest absolute Gasteiger partial charge is 0.330 e. The lowest BCUT2D eigenvalue weighted by Gasteiger charge is -2.25. The molecular formula is C19H19N5O4S2. The molecule has 1 aliphatic heterocycles. The van der Waals surface area contributed by atoms with Crippen molar-refractivity contribution in [2.45, 2.75) is 24.2 Å². The number of benzene rings is 2. The van der Waals surface area contributed by atoms with Crippen LogP contribution < -0.4 is 5.32 Å². The number of rotatable bonds is 6. The number of hydrogen-bond acceptors (Lipinski definition) is 8. The summed E-state index contributed by atoms with van der Waals surface area (Å²) >= 11 is 1.25. The fourth-order valence-corrected chi connectivity index (χ4v) is 5.51. The first-order valence-electron chi connectivity index (χ1n) is 9.39. The molecule has 2 heterocycles. The molecule has 1 saturated heterocycles. The molecule has 11 heteroatoms. The number of nitrogens with one attached hydrogen (secondary N) is 1. The Morgan fingerprint density at radius 3 is 2.47 bits per heavy atom. The van der Waals surface area contributed by atoms with Crippen molar-refractivity contribution in [3.8, 4) is 10.6 Å². The highest BCUT2D eigenvalue weighted by atomic mass is 32.2. The molecule has 1 fully saturated rings. The summed E-state index contributed by atoms with van der Waals surface area (Å²) < 4.78 is 27.0. The number of sulfonamides is 1. The van der Waals surface area contributed by atoms with Crippen molar-refractivity contribution in [3.05, 3.63) is 58.6 Å². The van der Waals surface area contributed by atoms with Crippen LogP contribution in [0.15, 0.2) is 53.4 Å². The van der Waals surface area contributed by atoms with Gasteiger partial charge in [0.25, 0.3) is 5.69 Å². The van der Waals surface area contributed by atoms with Gasteiger partial charge in [0.2, 0.25) is 15.2 Å². The molecule has 4 rings (SSSR count). The molecule has 1 N–H and O–H groups in total. The molecule has 0 atom stereocenters. The molecule has 0 spiro atoms. The number of anilines is 2. The topological polar surface area (TPSA) is 118 Å². The second-order valence-electron chi connectivity index (χ2n) is 6.83. The number of hydrogen-bond donors (Lipinski definition) is 1. The number of non-ortho nitro benzene ring substituents is 1. The zero-order valence-electron chi connectivity index (χ0n) is 15.9. The Morgan fingerprint density at radius 2 is 1.77 bits per heavy atom. The van der Waals surface area contributed by atoms with Crippen molar-refractivity contribution in [2.24, 2.45) is 0 Å². The summed E-state index contributed by atoms with van der Waals surface area (Å²) in [7, 11) is -3.47. The van der Waals surface area contributed by atoms with E-state index in [-0.39, 0.29) is 10.6 Å². The van der Waals surface area contributed by atoms with Crippen LogP contribution in [0.4, 0.5) is 16.5 Å². The van der Waals surface area contributed by atoms with Gasteiger partial charge in [0, 0.05) is 36.5 Å². The quantitative estimate of drug-likeness (QED) is 0.449. The van der Waals surface area contributed by atoms with E-state index >= 15 is 0 Å². The number of nitro benzene ring substituents is 1. The van der Waals surface area contributed by atoms with Crippen LogP contribution in [0.1, 0.15) is 19.3 Å². The van der Waals surface area contributed by atoms with Gasteiger partial charge < -0.3 is 5.32 Å². The Labute approximate surface area is 177 Å². The molecule has 156 valence electrons. The Morgan fingerprint density at radius 1 is 1.03 bits per heavy atom. The van der Waals surface area contributed by atoms with Crippen LogP contribution in [0, 0.1) is 10.1 Å². The number of aromatic nitrogens is 2. The molecular weight excluding hydrogens is 426 g/mol. The maximum Gasteiger partial charge on any atom is 0.270 e. The van der Waals surface area contributed by atoms with Crippen LogP contribution in [-0.2, 0) is 10.0 Å². The van der Waals surface area contributed by atoms with Crippen LogP contribution in [-0.4, -0.2) is 40.9 Å². The van der Waals surface area contributed by atoms with Crippen LogP contribution in [0.2, 0.25) is 0 Å². The van der Waals surface area contributed by atoms with Crippen molar-refractivity contribution >= 4 is 37.9 Å². The first kappa shape index (κ1) is 20.4. The lowest BCUT2D eigenvalue weighted by atomic mass is 10.2. The predicted molar refractivity (Wildman–Crippen MR) is 114 cm³/mol. The van der Waals surface area contributed by atoms with Gasteiger partial charge in [-0.2, -0.15) is 4.31 Å². The first-order valence-corrected chi connectivity index (χ1v) is 11.6. The molecule has 9 nitrogen and oxygen atoms in total. The van der Waals surface area contributed by atoms with Gasteiger partial charge in [-0.25, -0.2) is 8.42 Å². The van der Waals surface area contributed by atoms with E-state index in [2.05, 4.69) is 15.5 Å². The minimum Gasteiger partial charge on any atom is -0.330 e. The van der Waals surface area contributed by atoms with Crippen LogP contribution in [0.25, 0.3) is 10.6 Å². The highest BCUT2D eigenvalue weighted by Gasteiger charge is 2.25. The highest BCUT2D eigenvalue weighted by Crippen LogP contribution is 2.30. The van der Waals surface area contributed by atoms with Crippen molar-refractivity contribution in [1.82, 2.24) is 14.5 Å². The van der Waals surface area contributed by atoms with E-state index in [0.717, 1.165) is 19.3 Å².